The minimum absolute atomic E-state index is 0.0722. The van der Waals surface area contributed by atoms with E-state index in [4.69, 9.17) is 11.6 Å². The zero-order valence-corrected chi connectivity index (χ0v) is 11.7. The lowest BCUT2D eigenvalue weighted by Gasteiger charge is -2.40. The maximum atomic E-state index is 11.9. The van der Waals surface area contributed by atoms with Crippen LogP contribution >= 0.6 is 11.6 Å². The van der Waals surface area contributed by atoms with Crippen molar-refractivity contribution in [3.63, 3.8) is 0 Å². The topological polar surface area (TPSA) is 78.4 Å². The fourth-order valence-corrected chi connectivity index (χ4v) is 2.39. The van der Waals surface area contributed by atoms with Crippen molar-refractivity contribution < 1.29 is 14.7 Å². The van der Waals surface area contributed by atoms with E-state index in [1.165, 1.54) is 0 Å². The molecule has 0 unspecified atom stereocenters. The van der Waals surface area contributed by atoms with Crippen molar-refractivity contribution in [2.24, 2.45) is 0 Å². The highest BCUT2D eigenvalue weighted by Crippen LogP contribution is 2.30. The molecule has 1 aromatic carbocycles. The van der Waals surface area contributed by atoms with E-state index in [1.807, 2.05) is 0 Å². The number of amides is 2. The van der Waals surface area contributed by atoms with Crippen molar-refractivity contribution in [3.8, 4) is 0 Å². The number of halogens is 1. The van der Waals surface area contributed by atoms with Crippen molar-refractivity contribution in [2.45, 2.75) is 24.8 Å². The van der Waals surface area contributed by atoms with Gasteiger partial charge in [0, 0.05) is 0 Å². The summed E-state index contributed by atoms with van der Waals surface area (Å²) in [5.74, 6) is -0.698. The first-order valence-electron chi connectivity index (χ1n) is 6.51. The number of aliphatic hydroxyl groups is 1. The van der Waals surface area contributed by atoms with Gasteiger partial charge in [-0.05, 0) is 31.4 Å². The van der Waals surface area contributed by atoms with Crippen molar-refractivity contribution in [1.29, 1.82) is 0 Å². The van der Waals surface area contributed by atoms with Crippen LogP contribution in [0.4, 0.5) is 0 Å². The lowest BCUT2D eigenvalue weighted by atomic mass is 9.77. The number of benzene rings is 1. The molecule has 0 spiro atoms. The summed E-state index contributed by atoms with van der Waals surface area (Å²) in [4.78, 5) is 23.6. The number of carbonyl (C=O) groups is 2. The van der Waals surface area contributed by atoms with Gasteiger partial charge < -0.3 is 15.7 Å². The van der Waals surface area contributed by atoms with E-state index in [0.717, 1.165) is 19.3 Å². The van der Waals surface area contributed by atoms with E-state index in [1.54, 1.807) is 24.3 Å². The smallest absolute Gasteiger partial charge is 0.253 e. The highest BCUT2D eigenvalue weighted by atomic mass is 35.5. The third-order valence-corrected chi connectivity index (χ3v) is 3.88. The molecular formula is C14H17ClN2O3. The van der Waals surface area contributed by atoms with Crippen LogP contribution in [0.5, 0.6) is 0 Å². The molecular weight excluding hydrogens is 280 g/mol. The van der Waals surface area contributed by atoms with Gasteiger partial charge in [-0.3, -0.25) is 9.59 Å². The van der Waals surface area contributed by atoms with E-state index < -0.39 is 11.4 Å². The Bertz CT molecular complexity index is 509. The van der Waals surface area contributed by atoms with Crippen LogP contribution in [0.25, 0.3) is 0 Å². The molecule has 20 heavy (non-hydrogen) atoms. The van der Waals surface area contributed by atoms with E-state index >= 15 is 0 Å². The SMILES string of the molecule is O=C(CNC(=O)c1ccccc1Cl)NC1(CO)CCC1. The number of nitrogens with one attached hydrogen (secondary N) is 2. The third-order valence-electron chi connectivity index (χ3n) is 3.55. The molecule has 2 rings (SSSR count). The van der Waals surface area contributed by atoms with Gasteiger partial charge in [0.05, 0.1) is 29.3 Å². The number of hydrogen-bond donors (Lipinski definition) is 3. The maximum absolute atomic E-state index is 11.9. The van der Waals surface area contributed by atoms with Crippen LogP contribution in [0.15, 0.2) is 24.3 Å². The van der Waals surface area contributed by atoms with Crippen LogP contribution < -0.4 is 10.6 Å². The second-order valence-corrected chi connectivity index (χ2v) is 5.41. The van der Waals surface area contributed by atoms with Gasteiger partial charge in [0.25, 0.3) is 5.91 Å². The first-order chi connectivity index (χ1) is 9.56. The molecule has 0 aliphatic heterocycles. The Morgan fingerprint density at radius 3 is 2.55 bits per heavy atom. The lowest BCUT2D eigenvalue weighted by molar-refractivity contribution is -0.124. The van der Waals surface area contributed by atoms with Gasteiger partial charge in [-0.2, -0.15) is 0 Å². The largest absolute Gasteiger partial charge is 0.394 e. The Hall–Kier alpha value is -1.59. The van der Waals surface area contributed by atoms with Gasteiger partial charge in [0.1, 0.15) is 0 Å². The summed E-state index contributed by atoms with van der Waals surface area (Å²) in [6, 6.07) is 6.64. The van der Waals surface area contributed by atoms with Crippen LogP contribution in [-0.4, -0.2) is 35.6 Å². The fourth-order valence-electron chi connectivity index (χ4n) is 2.17. The Morgan fingerprint density at radius 2 is 2.00 bits per heavy atom. The number of carbonyl (C=O) groups excluding carboxylic acids is 2. The molecule has 1 aliphatic carbocycles. The average Bonchev–Trinajstić information content (AvgIpc) is 2.41. The van der Waals surface area contributed by atoms with Gasteiger partial charge in [0.15, 0.2) is 0 Å². The van der Waals surface area contributed by atoms with Crippen LogP contribution in [0.3, 0.4) is 0 Å². The van der Waals surface area contributed by atoms with E-state index in [2.05, 4.69) is 10.6 Å². The maximum Gasteiger partial charge on any atom is 0.253 e. The van der Waals surface area contributed by atoms with Crippen molar-refractivity contribution >= 4 is 23.4 Å². The van der Waals surface area contributed by atoms with Gasteiger partial charge >= 0.3 is 0 Å². The lowest BCUT2D eigenvalue weighted by Crippen LogP contribution is -2.57. The Labute approximate surface area is 122 Å². The van der Waals surface area contributed by atoms with Crippen LogP contribution in [-0.2, 0) is 4.79 Å². The minimum Gasteiger partial charge on any atom is -0.394 e. The van der Waals surface area contributed by atoms with Crippen molar-refractivity contribution in [3.05, 3.63) is 34.9 Å². The van der Waals surface area contributed by atoms with Crippen LogP contribution in [0.1, 0.15) is 29.6 Å². The van der Waals surface area contributed by atoms with Crippen LogP contribution in [0.2, 0.25) is 5.02 Å². The van der Waals surface area contributed by atoms with E-state index in [-0.39, 0.29) is 19.1 Å². The molecule has 0 saturated heterocycles. The summed E-state index contributed by atoms with van der Waals surface area (Å²) in [5.41, 5.74) is -0.158. The molecule has 3 N–H and O–H groups in total. The van der Waals surface area contributed by atoms with Crippen LogP contribution in [0, 0.1) is 0 Å². The predicted molar refractivity (Wildman–Crippen MR) is 75.6 cm³/mol. The highest BCUT2D eigenvalue weighted by molar-refractivity contribution is 6.33. The fraction of sp³-hybridized carbons (Fsp3) is 0.429. The molecule has 1 aromatic rings. The summed E-state index contributed by atoms with van der Waals surface area (Å²) < 4.78 is 0. The monoisotopic (exact) mass is 296 g/mol. The molecule has 5 nitrogen and oxygen atoms in total. The second-order valence-electron chi connectivity index (χ2n) is 5.00. The quantitative estimate of drug-likeness (QED) is 0.761. The van der Waals surface area contributed by atoms with E-state index in [0.29, 0.717) is 10.6 Å². The second kappa shape index (κ2) is 6.24. The Kier molecular flexibility index (Phi) is 4.62. The van der Waals surface area contributed by atoms with Crippen molar-refractivity contribution in [1.82, 2.24) is 10.6 Å². The summed E-state index contributed by atoms with van der Waals surface area (Å²) in [7, 11) is 0. The molecule has 0 bridgehead atoms. The first-order valence-corrected chi connectivity index (χ1v) is 6.89. The molecule has 0 atom stereocenters. The third kappa shape index (κ3) is 3.29. The van der Waals surface area contributed by atoms with Gasteiger partial charge in [0.2, 0.25) is 5.91 Å². The molecule has 2 amide bonds. The zero-order chi connectivity index (χ0) is 14.6. The number of aliphatic hydroxyl groups excluding tert-OH is 1. The standard InChI is InChI=1S/C14H17ClN2O3/c15-11-5-2-1-4-10(11)13(20)16-8-12(19)17-14(9-18)6-3-7-14/h1-2,4-5,18H,3,6-9H2,(H,16,20)(H,17,19). The minimum atomic E-state index is -0.494. The summed E-state index contributed by atoms with van der Waals surface area (Å²) in [6.45, 7) is -0.205. The molecule has 1 fully saturated rings. The van der Waals surface area contributed by atoms with E-state index in [9.17, 15) is 14.7 Å². The normalized spacial score (nSPS) is 16.1. The summed E-state index contributed by atoms with van der Waals surface area (Å²) in [5, 5.41) is 14.9. The molecule has 1 aliphatic rings. The van der Waals surface area contributed by atoms with Gasteiger partial charge in [-0.1, -0.05) is 23.7 Å². The molecule has 0 heterocycles. The Balaban J connectivity index is 1.84. The molecule has 0 aromatic heterocycles. The summed E-state index contributed by atoms with van der Waals surface area (Å²) >= 11 is 5.90. The first kappa shape index (κ1) is 14.8. The zero-order valence-electron chi connectivity index (χ0n) is 11.0. The summed E-state index contributed by atoms with van der Waals surface area (Å²) in [6.07, 6.45) is 2.54. The van der Waals surface area contributed by atoms with Gasteiger partial charge in [-0.15, -0.1) is 0 Å². The highest BCUT2D eigenvalue weighted by Gasteiger charge is 2.37. The molecule has 108 valence electrons. The Morgan fingerprint density at radius 1 is 1.30 bits per heavy atom. The predicted octanol–water partition coefficient (Wildman–Crippen LogP) is 1.10. The number of rotatable bonds is 5. The van der Waals surface area contributed by atoms with Crippen molar-refractivity contribution in [2.75, 3.05) is 13.2 Å². The number of hydrogen-bond acceptors (Lipinski definition) is 3. The van der Waals surface area contributed by atoms with Gasteiger partial charge in [-0.25, -0.2) is 0 Å². The molecule has 0 radical (unpaired) electrons. The molecule has 6 heteroatoms. The average molecular weight is 297 g/mol. The molecule has 1 saturated carbocycles.